The highest BCUT2D eigenvalue weighted by molar-refractivity contribution is 7.14. The van der Waals surface area contributed by atoms with Crippen molar-refractivity contribution in [2.45, 2.75) is 32.8 Å². The van der Waals surface area contributed by atoms with Gasteiger partial charge in [0.2, 0.25) is 0 Å². The Labute approximate surface area is 128 Å². The molecule has 1 N–H and O–H groups in total. The van der Waals surface area contributed by atoms with Crippen LogP contribution in [0.2, 0.25) is 0 Å². The number of rotatable bonds is 4. The van der Waals surface area contributed by atoms with Crippen LogP contribution < -0.4 is 5.48 Å². The van der Waals surface area contributed by atoms with Gasteiger partial charge >= 0.3 is 0 Å². The molecule has 21 heavy (non-hydrogen) atoms. The van der Waals surface area contributed by atoms with E-state index in [1.807, 2.05) is 36.4 Å². The topological polar surface area (TPSA) is 38.3 Å². The number of hydrogen-bond donors (Lipinski definition) is 1. The molecule has 0 aliphatic heterocycles. The normalized spacial score (nSPS) is 17.3. The number of nitrogens with one attached hydrogen (secondary N) is 1. The first-order valence-corrected chi connectivity index (χ1v) is 8.11. The number of hydrogen-bond acceptors (Lipinski definition) is 3. The van der Waals surface area contributed by atoms with Crippen LogP contribution in [0.15, 0.2) is 36.4 Å². The predicted octanol–water partition coefficient (Wildman–Crippen LogP) is 3.73. The van der Waals surface area contributed by atoms with E-state index in [0.29, 0.717) is 6.61 Å². The summed E-state index contributed by atoms with van der Waals surface area (Å²) in [6, 6.07) is 11.8. The quantitative estimate of drug-likeness (QED) is 0.874. The fourth-order valence-electron chi connectivity index (χ4n) is 2.63. The highest BCUT2D eigenvalue weighted by Gasteiger charge is 2.20. The van der Waals surface area contributed by atoms with Gasteiger partial charge in [-0.05, 0) is 42.4 Å². The third kappa shape index (κ3) is 3.52. The van der Waals surface area contributed by atoms with Crippen LogP contribution in [0, 0.1) is 5.92 Å². The van der Waals surface area contributed by atoms with E-state index >= 15 is 0 Å². The number of aryl methyl sites for hydroxylation is 1. The van der Waals surface area contributed by atoms with E-state index in [0.717, 1.165) is 29.2 Å². The number of fused-ring (bicyclic) bond motifs is 1. The van der Waals surface area contributed by atoms with Crippen molar-refractivity contribution in [3.8, 4) is 0 Å². The lowest BCUT2D eigenvalue weighted by Crippen LogP contribution is -2.22. The standard InChI is InChI=1S/C17H19NO2S/c1-12-7-8-15-14(9-12)10-16(21-15)17(19)18-20-11-13-5-3-2-4-6-13/h2-6,10,12H,7-9,11H2,1H3,(H,18,19)/t12-/m0/s1. The first-order chi connectivity index (χ1) is 10.2. The molecular formula is C17H19NO2S. The predicted molar refractivity (Wildman–Crippen MR) is 84.2 cm³/mol. The molecule has 110 valence electrons. The highest BCUT2D eigenvalue weighted by atomic mass is 32.1. The Kier molecular flexibility index (Phi) is 4.36. The van der Waals surface area contributed by atoms with Crippen molar-refractivity contribution < 1.29 is 9.63 Å². The minimum atomic E-state index is -0.141. The maximum Gasteiger partial charge on any atom is 0.284 e. The Morgan fingerprint density at radius 3 is 3.00 bits per heavy atom. The van der Waals surface area contributed by atoms with Crippen LogP contribution in [0.4, 0.5) is 0 Å². The molecule has 1 atom stereocenters. The zero-order valence-corrected chi connectivity index (χ0v) is 12.9. The van der Waals surface area contributed by atoms with Crippen LogP contribution in [0.25, 0.3) is 0 Å². The average Bonchev–Trinajstić information content (AvgIpc) is 2.91. The van der Waals surface area contributed by atoms with Gasteiger partial charge in [0.1, 0.15) is 0 Å². The summed E-state index contributed by atoms with van der Waals surface area (Å²) in [5, 5.41) is 0. The van der Waals surface area contributed by atoms with E-state index in [-0.39, 0.29) is 5.91 Å². The van der Waals surface area contributed by atoms with Gasteiger partial charge in [-0.1, -0.05) is 37.3 Å². The third-order valence-corrected chi connectivity index (χ3v) is 5.04. The average molecular weight is 301 g/mol. The molecule has 0 bridgehead atoms. The van der Waals surface area contributed by atoms with E-state index in [2.05, 4.69) is 12.4 Å². The van der Waals surface area contributed by atoms with Crippen LogP contribution in [-0.4, -0.2) is 5.91 Å². The van der Waals surface area contributed by atoms with Crippen molar-refractivity contribution in [1.29, 1.82) is 0 Å². The van der Waals surface area contributed by atoms with Crippen molar-refractivity contribution >= 4 is 17.2 Å². The second kappa shape index (κ2) is 6.41. The first-order valence-electron chi connectivity index (χ1n) is 7.30. The van der Waals surface area contributed by atoms with E-state index in [9.17, 15) is 4.79 Å². The molecule has 1 aliphatic rings. The molecule has 1 aromatic heterocycles. The van der Waals surface area contributed by atoms with Crippen LogP contribution in [0.3, 0.4) is 0 Å². The summed E-state index contributed by atoms with van der Waals surface area (Å²) in [7, 11) is 0. The molecule has 2 aromatic rings. The number of benzene rings is 1. The summed E-state index contributed by atoms with van der Waals surface area (Å²) < 4.78 is 0. The molecule has 1 aliphatic carbocycles. The van der Waals surface area contributed by atoms with Crippen LogP contribution >= 0.6 is 11.3 Å². The van der Waals surface area contributed by atoms with Crippen LogP contribution in [-0.2, 0) is 24.3 Å². The zero-order chi connectivity index (χ0) is 14.7. The SMILES string of the molecule is C[C@H]1CCc2sc(C(=O)NOCc3ccccc3)cc2C1. The molecular weight excluding hydrogens is 282 g/mol. The Morgan fingerprint density at radius 1 is 1.38 bits per heavy atom. The summed E-state index contributed by atoms with van der Waals surface area (Å²) in [5.74, 6) is 0.579. The first kappa shape index (κ1) is 14.3. The number of hydroxylamine groups is 1. The van der Waals surface area contributed by atoms with E-state index in [1.165, 1.54) is 16.9 Å². The molecule has 3 nitrogen and oxygen atoms in total. The molecule has 1 heterocycles. The van der Waals surface area contributed by atoms with Gasteiger partial charge in [-0.25, -0.2) is 5.48 Å². The second-order valence-electron chi connectivity index (χ2n) is 5.61. The molecule has 0 saturated carbocycles. The van der Waals surface area contributed by atoms with Gasteiger partial charge in [-0.2, -0.15) is 0 Å². The van der Waals surface area contributed by atoms with Crippen LogP contribution in [0.1, 0.15) is 39.0 Å². The van der Waals surface area contributed by atoms with Crippen molar-refractivity contribution in [3.63, 3.8) is 0 Å². The molecule has 1 amide bonds. The highest BCUT2D eigenvalue weighted by Crippen LogP contribution is 2.32. The van der Waals surface area contributed by atoms with Gasteiger partial charge in [0.15, 0.2) is 0 Å². The summed E-state index contributed by atoms with van der Waals surface area (Å²) in [6.45, 7) is 2.65. The van der Waals surface area contributed by atoms with Crippen molar-refractivity contribution in [2.75, 3.05) is 0 Å². The molecule has 0 unspecified atom stereocenters. The maximum absolute atomic E-state index is 12.1. The number of thiophene rings is 1. The minimum Gasteiger partial charge on any atom is -0.269 e. The Hall–Kier alpha value is -1.65. The summed E-state index contributed by atoms with van der Waals surface area (Å²) in [4.78, 5) is 19.5. The van der Waals surface area contributed by atoms with E-state index in [4.69, 9.17) is 4.84 Å². The summed E-state index contributed by atoms with van der Waals surface area (Å²) in [6.07, 6.45) is 3.41. The molecule has 0 saturated heterocycles. The lowest BCUT2D eigenvalue weighted by Gasteiger charge is -2.16. The van der Waals surface area contributed by atoms with Gasteiger partial charge < -0.3 is 0 Å². The van der Waals surface area contributed by atoms with Gasteiger partial charge in [-0.3, -0.25) is 9.63 Å². The molecule has 3 rings (SSSR count). The molecule has 4 heteroatoms. The van der Waals surface area contributed by atoms with Gasteiger partial charge in [0, 0.05) is 4.88 Å². The fourth-order valence-corrected chi connectivity index (χ4v) is 3.72. The minimum absolute atomic E-state index is 0.141. The third-order valence-electron chi connectivity index (χ3n) is 3.80. The number of amides is 1. The van der Waals surface area contributed by atoms with Crippen molar-refractivity contribution in [1.82, 2.24) is 5.48 Å². The summed E-state index contributed by atoms with van der Waals surface area (Å²) in [5.41, 5.74) is 4.92. The van der Waals surface area contributed by atoms with Crippen molar-refractivity contribution in [2.24, 2.45) is 5.92 Å². The zero-order valence-electron chi connectivity index (χ0n) is 12.1. The second-order valence-corrected chi connectivity index (χ2v) is 6.75. The monoisotopic (exact) mass is 301 g/mol. The van der Waals surface area contributed by atoms with E-state index < -0.39 is 0 Å². The van der Waals surface area contributed by atoms with E-state index in [1.54, 1.807) is 11.3 Å². The van der Waals surface area contributed by atoms with Gasteiger partial charge in [0.05, 0.1) is 11.5 Å². The lowest BCUT2D eigenvalue weighted by molar-refractivity contribution is 0.0237. The Morgan fingerprint density at radius 2 is 2.19 bits per heavy atom. The number of carbonyl (C=O) groups excluding carboxylic acids is 1. The largest absolute Gasteiger partial charge is 0.284 e. The maximum atomic E-state index is 12.1. The number of carbonyl (C=O) groups is 1. The summed E-state index contributed by atoms with van der Waals surface area (Å²) >= 11 is 1.60. The van der Waals surface area contributed by atoms with Crippen LogP contribution in [0.5, 0.6) is 0 Å². The van der Waals surface area contributed by atoms with Gasteiger partial charge in [0.25, 0.3) is 5.91 Å². The molecule has 0 spiro atoms. The van der Waals surface area contributed by atoms with Crippen molar-refractivity contribution in [3.05, 3.63) is 57.3 Å². The lowest BCUT2D eigenvalue weighted by atomic mass is 9.90. The smallest absolute Gasteiger partial charge is 0.269 e. The fraction of sp³-hybridized carbons (Fsp3) is 0.353. The molecule has 1 aromatic carbocycles. The Bertz CT molecular complexity index is 621. The van der Waals surface area contributed by atoms with Gasteiger partial charge in [-0.15, -0.1) is 11.3 Å². The Balaban J connectivity index is 1.56. The molecule has 0 fully saturated rings. The molecule has 0 radical (unpaired) electrons.